The Kier molecular flexibility index (Phi) is 11.1. The highest BCUT2D eigenvalue weighted by atomic mass is 16.6. The number of ether oxygens (including phenoxy) is 1. The van der Waals surface area contributed by atoms with E-state index in [-0.39, 0.29) is 25.0 Å². The zero-order chi connectivity index (χ0) is 28.1. The molecule has 0 heterocycles. The molecular weight excluding hydrogens is 494 g/mol. The molecule has 0 aliphatic heterocycles. The van der Waals surface area contributed by atoms with Crippen LogP contribution >= 0.6 is 0 Å². The lowest BCUT2D eigenvalue weighted by Crippen LogP contribution is -2.43. The van der Waals surface area contributed by atoms with E-state index in [0.29, 0.717) is 37.2 Å². The van der Waals surface area contributed by atoms with E-state index in [1.54, 1.807) is 46.2 Å². The van der Waals surface area contributed by atoms with Crippen LogP contribution in [-0.2, 0) is 16.1 Å². The molecule has 3 amide bonds. The van der Waals surface area contributed by atoms with Crippen molar-refractivity contribution in [2.24, 2.45) is 0 Å². The Labute approximate surface area is 230 Å². The van der Waals surface area contributed by atoms with Crippen molar-refractivity contribution in [3.8, 4) is 0 Å². The first-order valence-electron chi connectivity index (χ1n) is 13.1. The van der Waals surface area contributed by atoms with Gasteiger partial charge in [-0.3, -0.25) is 14.4 Å². The number of hydroxylamine groups is 1. The molecule has 8 nitrogen and oxygen atoms in total. The molecule has 0 fully saturated rings. The molecule has 0 saturated heterocycles. The van der Waals surface area contributed by atoms with E-state index in [4.69, 9.17) is 9.57 Å². The first-order valence-corrected chi connectivity index (χ1v) is 13.1. The third kappa shape index (κ3) is 10.2. The molecule has 0 aliphatic rings. The predicted molar refractivity (Wildman–Crippen MR) is 150 cm³/mol. The molecule has 39 heavy (non-hydrogen) atoms. The van der Waals surface area contributed by atoms with Crippen molar-refractivity contribution in [3.05, 3.63) is 108 Å². The lowest BCUT2D eigenvalue weighted by atomic mass is 10.1. The van der Waals surface area contributed by atoms with Gasteiger partial charge in [0.25, 0.3) is 11.8 Å². The first kappa shape index (κ1) is 29.4. The smallest absolute Gasteiger partial charge is 0.410 e. The summed E-state index contributed by atoms with van der Waals surface area (Å²) in [5, 5.41) is 0. The summed E-state index contributed by atoms with van der Waals surface area (Å²) in [5.74, 6) is -0.453. The second kappa shape index (κ2) is 14.7. The molecule has 1 N–H and O–H groups in total. The highest BCUT2D eigenvalue weighted by Gasteiger charge is 2.24. The lowest BCUT2D eigenvalue weighted by Gasteiger charge is -2.30. The molecule has 0 atom stereocenters. The van der Waals surface area contributed by atoms with Gasteiger partial charge in [0.2, 0.25) is 0 Å². The summed E-state index contributed by atoms with van der Waals surface area (Å²) < 4.78 is 5.62. The van der Waals surface area contributed by atoms with Crippen molar-refractivity contribution >= 4 is 17.9 Å². The molecule has 3 rings (SSSR count). The fourth-order valence-corrected chi connectivity index (χ4v) is 3.77. The number of amides is 3. The summed E-state index contributed by atoms with van der Waals surface area (Å²) in [6, 6.07) is 27.6. The fourth-order valence-electron chi connectivity index (χ4n) is 3.77. The van der Waals surface area contributed by atoms with Gasteiger partial charge in [0, 0.05) is 37.3 Å². The maximum absolute atomic E-state index is 13.4. The van der Waals surface area contributed by atoms with Gasteiger partial charge in [-0.2, -0.15) is 0 Å². The number of rotatable bonds is 12. The van der Waals surface area contributed by atoms with E-state index in [1.807, 2.05) is 75.4 Å². The molecular formula is C31H37N3O5. The fraction of sp³-hybridized carbons (Fsp3) is 0.323. The van der Waals surface area contributed by atoms with Crippen molar-refractivity contribution < 1.29 is 24.0 Å². The number of benzene rings is 3. The van der Waals surface area contributed by atoms with E-state index < -0.39 is 11.7 Å². The Morgan fingerprint density at radius 3 is 1.85 bits per heavy atom. The van der Waals surface area contributed by atoms with E-state index in [2.05, 4.69) is 5.48 Å². The maximum Gasteiger partial charge on any atom is 0.410 e. The monoisotopic (exact) mass is 531 g/mol. The van der Waals surface area contributed by atoms with Crippen LogP contribution in [0.25, 0.3) is 0 Å². The molecule has 206 valence electrons. The molecule has 0 aliphatic carbocycles. The van der Waals surface area contributed by atoms with Crippen LogP contribution in [0.3, 0.4) is 0 Å². The quantitative estimate of drug-likeness (QED) is 0.253. The minimum atomic E-state index is -0.668. The molecule has 8 heteroatoms. The molecule has 0 aromatic heterocycles. The van der Waals surface area contributed by atoms with Gasteiger partial charge in [-0.15, -0.1) is 0 Å². The number of hydrogen-bond donors (Lipinski definition) is 1. The van der Waals surface area contributed by atoms with Crippen molar-refractivity contribution in [1.82, 2.24) is 15.3 Å². The van der Waals surface area contributed by atoms with Gasteiger partial charge >= 0.3 is 6.09 Å². The minimum Gasteiger partial charge on any atom is -0.444 e. The van der Waals surface area contributed by atoms with Crippen LogP contribution in [0.2, 0.25) is 0 Å². The van der Waals surface area contributed by atoms with Crippen LogP contribution in [0.4, 0.5) is 4.79 Å². The molecule has 3 aromatic carbocycles. The van der Waals surface area contributed by atoms with E-state index in [0.717, 1.165) is 5.56 Å². The van der Waals surface area contributed by atoms with Crippen LogP contribution < -0.4 is 5.48 Å². The van der Waals surface area contributed by atoms with Crippen molar-refractivity contribution in [3.63, 3.8) is 0 Å². The minimum absolute atomic E-state index is 0.115. The van der Waals surface area contributed by atoms with E-state index in [1.165, 1.54) is 0 Å². The molecule has 0 radical (unpaired) electrons. The summed E-state index contributed by atoms with van der Waals surface area (Å²) in [5.41, 5.74) is 3.83. The molecule has 0 unspecified atom stereocenters. The number of nitrogens with zero attached hydrogens (tertiary/aromatic N) is 2. The van der Waals surface area contributed by atoms with Gasteiger partial charge in [-0.1, -0.05) is 66.7 Å². The van der Waals surface area contributed by atoms with Gasteiger partial charge in [-0.05, 0) is 57.0 Å². The third-order valence-corrected chi connectivity index (χ3v) is 5.69. The van der Waals surface area contributed by atoms with Crippen molar-refractivity contribution in [2.75, 3.05) is 26.2 Å². The Hall–Kier alpha value is -4.17. The maximum atomic E-state index is 13.4. The third-order valence-electron chi connectivity index (χ3n) is 5.69. The summed E-state index contributed by atoms with van der Waals surface area (Å²) in [4.78, 5) is 47.2. The predicted octanol–water partition coefficient (Wildman–Crippen LogP) is 5.32. The summed E-state index contributed by atoms with van der Waals surface area (Å²) in [7, 11) is 0. The van der Waals surface area contributed by atoms with Gasteiger partial charge in [-0.25, -0.2) is 10.3 Å². The van der Waals surface area contributed by atoms with Crippen LogP contribution in [-0.4, -0.2) is 59.5 Å². The Morgan fingerprint density at radius 2 is 1.26 bits per heavy atom. The van der Waals surface area contributed by atoms with Crippen LogP contribution in [0, 0.1) is 0 Å². The van der Waals surface area contributed by atoms with Crippen molar-refractivity contribution in [2.45, 2.75) is 39.3 Å². The van der Waals surface area contributed by atoms with Crippen LogP contribution in [0.5, 0.6) is 0 Å². The average Bonchev–Trinajstić information content (AvgIpc) is 2.93. The summed E-state index contributed by atoms with van der Waals surface area (Å²) >= 11 is 0. The van der Waals surface area contributed by atoms with E-state index in [9.17, 15) is 14.4 Å². The molecule has 0 spiro atoms. The molecule has 0 bridgehead atoms. The SMILES string of the molecule is CC(C)(C)OC(=O)N(CCCONC(=O)c1ccccc1)CCN(Cc1ccccc1)C(=O)c1ccccc1. The van der Waals surface area contributed by atoms with Gasteiger partial charge in [0.05, 0.1) is 6.61 Å². The highest BCUT2D eigenvalue weighted by Crippen LogP contribution is 2.13. The van der Waals surface area contributed by atoms with Crippen LogP contribution in [0.1, 0.15) is 53.5 Å². The van der Waals surface area contributed by atoms with Gasteiger partial charge < -0.3 is 14.5 Å². The van der Waals surface area contributed by atoms with Gasteiger partial charge in [0.15, 0.2) is 0 Å². The Balaban J connectivity index is 1.62. The number of nitrogens with one attached hydrogen (secondary N) is 1. The zero-order valence-corrected chi connectivity index (χ0v) is 22.8. The summed E-state index contributed by atoms with van der Waals surface area (Å²) in [6.45, 7) is 6.96. The second-order valence-corrected chi connectivity index (χ2v) is 10.0. The first-order chi connectivity index (χ1) is 18.7. The van der Waals surface area contributed by atoms with Crippen LogP contribution in [0.15, 0.2) is 91.0 Å². The Morgan fingerprint density at radius 1 is 0.718 bits per heavy atom. The van der Waals surface area contributed by atoms with E-state index >= 15 is 0 Å². The molecule has 0 saturated carbocycles. The normalized spacial score (nSPS) is 10.9. The number of hydrogen-bond acceptors (Lipinski definition) is 5. The highest BCUT2D eigenvalue weighted by molar-refractivity contribution is 5.94. The number of carbonyl (C=O) groups excluding carboxylic acids is 3. The topological polar surface area (TPSA) is 88.2 Å². The average molecular weight is 532 g/mol. The zero-order valence-electron chi connectivity index (χ0n) is 22.8. The molecule has 3 aromatic rings. The largest absolute Gasteiger partial charge is 0.444 e. The van der Waals surface area contributed by atoms with Crippen molar-refractivity contribution in [1.29, 1.82) is 0 Å². The number of carbonyl (C=O) groups is 3. The standard InChI is InChI=1S/C31H37N3O5/c1-31(2,3)39-30(37)33(20-13-23-38-32-28(35)26-16-9-5-10-17-26)21-22-34(24-25-14-7-4-8-15-25)29(36)27-18-11-6-12-19-27/h4-12,14-19H,13,20-24H2,1-3H3,(H,32,35). The lowest BCUT2D eigenvalue weighted by molar-refractivity contribution is 0.0133. The Bertz CT molecular complexity index is 1180. The second-order valence-electron chi connectivity index (χ2n) is 10.0. The van der Waals surface area contributed by atoms with Gasteiger partial charge in [0.1, 0.15) is 5.60 Å². The summed E-state index contributed by atoms with van der Waals surface area (Å²) in [6.07, 6.45) is -0.0118.